The van der Waals surface area contributed by atoms with Crippen LogP contribution < -0.4 is 4.74 Å². The van der Waals surface area contributed by atoms with Gasteiger partial charge in [-0.15, -0.1) is 11.8 Å². The number of rotatable bonds is 3. The lowest BCUT2D eigenvalue weighted by Crippen LogP contribution is -2.04. The molecule has 1 rings (SSSR count). The Kier molecular flexibility index (Phi) is 3.48. The van der Waals surface area contributed by atoms with E-state index in [1.54, 1.807) is 6.26 Å². The van der Waals surface area contributed by atoms with Crippen LogP contribution in [0.1, 0.15) is 0 Å². The molecular formula is C8H7F3OS. The lowest BCUT2D eigenvalue weighted by Gasteiger charge is -2.08. The molecular weight excluding hydrogens is 201 g/mol. The van der Waals surface area contributed by atoms with Crippen LogP contribution in [0.2, 0.25) is 0 Å². The van der Waals surface area contributed by atoms with Gasteiger partial charge in [-0.3, -0.25) is 0 Å². The van der Waals surface area contributed by atoms with Crippen molar-refractivity contribution in [3.8, 4) is 5.75 Å². The maximum Gasteiger partial charge on any atom is 0.387 e. The summed E-state index contributed by atoms with van der Waals surface area (Å²) < 4.78 is 40.6. The van der Waals surface area contributed by atoms with Crippen molar-refractivity contribution in [2.24, 2.45) is 0 Å². The highest BCUT2D eigenvalue weighted by Crippen LogP contribution is 2.31. The first-order chi connectivity index (χ1) is 6.15. The molecule has 0 bridgehead atoms. The normalized spacial score (nSPS) is 10.5. The molecule has 1 nitrogen and oxygen atoms in total. The van der Waals surface area contributed by atoms with E-state index >= 15 is 0 Å². The van der Waals surface area contributed by atoms with E-state index in [0.29, 0.717) is 4.90 Å². The molecule has 0 amide bonds. The van der Waals surface area contributed by atoms with Gasteiger partial charge >= 0.3 is 6.61 Å². The molecule has 0 saturated carbocycles. The molecule has 1 aromatic rings. The maximum absolute atomic E-state index is 12.9. The standard InChI is InChI=1S/C8H7F3OS/c1-13-6-4-2-3-5(9)7(6)12-8(10)11/h2-4,8H,1H3. The monoisotopic (exact) mass is 208 g/mol. The van der Waals surface area contributed by atoms with E-state index in [-0.39, 0.29) is 5.75 Å². The Bertz CT molecular complexity index is 291. The van der Waals surface area contributed by atoms with Gasteiger partial charge in [0.25, 0.3) is 0 Å². The number of ether oxygens (including phenoxy) is 1. The van der Waals surface area contributed by atoms with Gasteiger partial charge in [-0.25, -0.2) is 4.39 Å². The van der Waals surface area contributed by atoms with Crippen LogP contribution >= 0.6 is 11.8 Å². The first-order valence-electron chi connectivity index (χ1n) is 3.42. The molecule has 0 heterocycles. The minimum absolute atomic E-state index is 0.361. The molecule has 0 atom stereocenters. The Morgan fingerprint density at radius 1 is 1.38 bits per heavy atom. The molecule has 13 heavy (non-hydrogen) atoms. The lowest BCUT2D eigenvalue weighted by molar-refractivity contribution is -0.0541. The molecule has 0 aliphatic heterocycles. The summed E-state index contributed by atoms with van der Waals surface area (Å²) in [6.07, 6.45) is 1.66. The lowest BCUT2D eigenvalue weighted by atomic mass is 10.3. The molecule has 0 radical (unpaired) electrons. The zero-order valence-corrected chi connectivity index (χ0v) is 7.58. The van der Waals surface area contributed by atoms with Gasteiger partial charge in [-0.1, -0.05) is 6.07 Å². The molecule has 1 aromatic carbocycles. The van der Waals surface area contributed by atoms with E-state index in [0.717, 1.165) is 17.8 Å². The quantitative estimate of drug-likeness (QED) is 0.705. The van der Waals surface area contributed by atoms with Gasteiger partial charge in [0.05, 0.1) is 4.90 Å². The van der Waals surface area contributed by atoms with Crippen molar-refractivity contribution in [3.05, 3.63) is 24.0 Å². The van der Waals surface area contributed by atoms with Gasteiger partial charge in [-0.05, 0) is 18.4 Å². The molecule has 0 unspecified atom stereocenters. The molecule has 0 N–H and O–H groups in total. The molecule has 72 valence electrons. The van der Waals surface area contributed by atoms with Crippen molar-refractivity contribution >= 4 is 11.8 Å². The second-order valence-electron chi connectivity index (χ2n) is 2.15. The predicted molar refractivity (Wildman–Crippen MR) is 44.8 cm³/mol. The van der Waals surface area contributed by atoms with Crippen molar-refractivity contribution < 1.29 is 17.9 Å². The van der Waals surface area contributed by atoms with E-state index in [1.165, 1.54) is 12.1 Å². The molecule has 5 heteroatoms. The van der Waals surface area contributed by atoms with E-state index in [9.17, 15) is 13.2 Å². The Morgan fingerprint density at radius 3 is 2.62 bits per heavy atom. The topological polar surface area (TPSA) is 9.23 Å². The maximum atomic E-state index is 12.9. The first-order valence-corrected chi connectivity index (χ1v) is 4.65. The van der Waals surface area contributed by atoms with Crippen LogP contribution in [0, 0.1) is 5.82 Å². The molecule has 0 aliphatic carbocycles. The number of benzene rings is 1. The van der Waals surface area contributed by atoms with Gasteiger partial charge in [0.1, 0.15) is 0 Å². The summed E-state index contributed by atoms with van der Waals surface area (Å²) in [6.45, 7) is -3.00. The number of para-hydroxylation sites is 1. The fourth-order valence-corrected chi connectivity index (χ4v) is 1.40. The highest BCUT2D eigenvalue weighted by molar-refractivity contribution is 7.98. The molecule has 0 fully saturated rings. The number of alkyl halides is 2. The van der Waals surface area contributed by atoms with Crippen LogP contribution in [0.25, 0.3) is 0 Å². The second-order valence-corrected chi connectivity index (χ2v) is 3.00. The van der Waals surface area contributed by atoms with Crippen LogP contribution in [-0.2, 0) is 0 Å². The molecule has 0 spiro atoms. The van der Waals surface area contributed by atoms with Gasteiger partial charge in [0, 0.05) is 0 Å². The number of thioether (sulfide) groups is 1. The fourth-order valence-electron chi connectivity index (χ4n) is 0.853. The Hall–Kier alpha value is -0.840. The zero-order valence-electron chi connectivity index (χ0n) is 6.76. The van der Waals surface area contributed by atoms with Gasteiger partial charge in [-0.2, -0.15) is 8.78 Å². The Morgan fingerprint density at radius 2 is 2.08 bits per heavy atom. The average Bonchev–Trinajstić information content (AvgIpc) is 2.08. The second kappa shape index (κ2) is 4.41. The third-order valence-corrected chi connectivity index (χ3v) is 2.12. The summed E-state index contributed by atoms with van der Waals surface area (Å²) in [6, 6.07) is 4.04. The van der Waals surface area contributed by atoms with Gasteiger partial charge in [0.2, 0.25) is 0 Å². The van der Waals surface area contributed by atoms with Crippen molar-refractivity contribution in [2.45, 2.75) is 11.5 Å². The van der Waals surface area contributed by atoms with Crippen LogP contribution in [0.15, 0.2) is 23.1 Å². The fraction of sp³-hybridized carbons (Fsp3) is 0.250. The summed E-state index contributed by atoms with van der Waals surface area (Å²) in [5, 5.41) is 0. The SMILES string of the molecule is CSc1cccc(F)c1OC(F)F. The summed E-state index contributed by atoms with van der Waals surface area (Å²) in [4.78, 5) is 0.361. The highest BCUT2D eigenvalue weighted by atomic mass is 32.2. The van der Waals surface area contributed by atoms with Crippen molar-refractivity contribution in [2.75, 3.05) is 6.26 Å². The number of hydrogen-bond donors (Lipinski definition) is 0. The average molecular weight is 208 g/mol. The van der Waals surface area contributed by atoms with E-state index in [2.05, 4.69) is 4.74 Å². The summed E-state index contributed by atoms with van der Waals surface area (Å²) >= 11 is 1.15. The Labute approximate surface area is 77.9 Å². The third kappa shape index (κ3) is 2.55. The Balaban J connectivity index is 3.00. The zero-order chi connectivity index (χ0) is 9.84. The van der Waals surface area contributed by atoms with Gasteiger partial charge < -0.3 is 4.74 Å². The van der Waals surface area contributed by atoms with Crippen LogP contribution in [0.5, 0.6) is 5.75 Å². The smallest absolute Gasteiger partial charge is 0.387 e. The minimum Gasteiger partial charge on any atom is -0.430 e. The molecule has 0 aliphatic rings. The number of hydrogen-bond acceptors (Lipinski definition) is 2. The van der Waals surface area contributed by atoms with Gasteiger partial charge in [0.15, 0.2) is 11.6 Å². The van der Waals surface area contributed by atoms with Crippen molar-refractivity contribution in [1.29, 1.82) is 0 Å². The van der Waals surface area contributed by atoms with E-state index in [1.807, 2.05) is 0 Å². The van der Waals surface area contributed by atoms with E-state index < -0.39 is 12.4 Å². The largest absolute Gasteiger partial charge is 0.430 e. The van der Waals surface area contributed by atoms with Crippen molar-refractivity contribution in [3.63, 3.8) is 0 Å². The van der Waals surface area contributed by atoms with Crippen molar-refractivity contribution in [1.82, 2.24) is 0 Å². The summed E-state index contributed by atoms with van der Waals surface area (Å²) in [5.74, 6) is -1.16. The van der Waals surface area contributed by atoms with Crippen LogP contribution in [-0.4, -0.2) is 12.9 Å². The third-order valence-electron chi connectivity index (χ3n) is 1.36. The molecule has 0 saturated heterocycles. The summed E-state index contributed by atoms with van der Waals surface area (Å²) in [7, 11) is 0. The predicted octanol–water partition coefficient (Wildman–Crippen LogP) is 3.15. The highest BCUT2D eigenvalue weighted by Gasteiger charge is 2.13. The van der Waals surface area contributed by atoms with E-state index in [4.69, 9.17) is 0 Å². The van der Waals surface area contributed by atoms with Crippen LogP contribution in [0.3, 0.4) is 0 Å². The molecule has 0 aromatic heterocycles. The van der Waals surface area contributed by atoms with Crippen LogP contribution in [0.4, 0.5) is 13.2 Å². The number of halogens is 3. The minimum atomic E-state index is -3.00. The summed E-state index contributed by atoms with van der Waals surface area (Å²) in [5.41, 5.74) is 0. The first kappa shape index (κ1) is 10.2.